The van der Waals surface area contributed by atoms with Crippen LogP contribution < -0.4 is 10.3 Å². The molecule has 234 valence electrons. The molecule has 0 radical (unpaired) electrons. The molecule has 0 aliphatic carbocycles. The van der Waals surface area contributed by atoms with E-state index in [-0.39, 0.29) is 65.0 Å². The molecule has 4 heterocycles. The first-order valence-electron chi connectivity index (χ1n) is 14.2. The molecule has 0 saturated carbocycles. The van der Waals surface area contributed by atoms with Crippen LogP contribution in [0.3, 0.4) is 0 Å². The number of fused-ring (bicyclic) bond motifs is 2. The number of ether oxygens (including phenoxy) is 2. The number of carboxylic acids is 1. The minimum atomic E-state index is -1.16. The number of aromatic carboxylic acids is 1. The number of hydrogen-bond acceptors (Lipinski definition) is 6. The normalized spacial score (nSPS) is 14.6. The number of rotatable bonds is 9. The van der Waals surface area contributed by atoms with Crippen LogP contribution in [0, 0.1) is 17.6 Å². The summed E-state index contributed by atoms with van der Waals surface area (Å²) in [5.74, 6) is -2.61. The number of furan rings is 1. The summed E-state index contributed by atoms with van der Waals surface area (Å²) in [6.45, 7) is 0.419. The molecular formula is C33H23ClF3N3O6. The van der Waals surface area contributed by atoms with Crippen molar-refractivity contribution < 1.29 is 37.0 Å². The number of pyridine rings is 1. The van der Waals surface area contributed by atoms with Gasteiger partial charge in [0.05, 0.1) is 46.4 Å². The quantitative estimate of drug-likeness (QED) is 0.184. The van der Waals surface area contributed by atoms with E-state index in [4.69, 9.17) is 25.5 Å². The van der Waals surface area contributed by atoms with E-state index >= 15 is 8.78 Å². The van der Waals surface area contributed by atoms with Crippen LogP contribution >= 0.6 is 11.6 Å². The predicted molar refractivity (Wildman–Crippen MR) is 162 cm³/mol. The second kappa shape index (κ2) is 11.7. The largest absolute Gasteiger partial charge is 0.478 e. The Labute approximate surface area is 262 Å². The highest BCUT2D eigenvalue weighted by atomic mass is 35.5. The highest BCUT2D eigenvalue weighted by Gasteiger charge is 2.24. The van der Waals surface area contributed by atoms with Gasteiger partial charge < -0.3 is 19.0 Å². The van der Waals surface area contributed by atoms with E-state index in [0.29, 0.717) is 28.1 Å². The second-order valence-electron chi connectivity index (χ2n) is 10.8. The van der Waals surface area contributed by atoms with Crippen molar-refractivity contribution in [3.05, 3.63) is 116 Å². The number of nitrogens with zero attached hydrogens (tertiary/aromatic N) is 3. The zero-order valence-corrected chi connectivity index (χ0v) is 24.6. The molecule has 13 heteroatoms. The summed E-state index contributed by atoms with van der Waals surface area (Å²) >= 11 is 6.12. The summed E-state index contributed by atoms with van der Waals surface area (Å²) in [7, 11) is 0. The van der Waals surface area contributed by atoms with E-state index in [1.165, 1.54) is 41.1 Å². The van der Waals surface area contributed by atoms with Gasteiger partial charge in [0.2, 0.25) is 5.88 Å². The van der Waals surface area contributed by atoms with Crippen LogP contribution in [-0.4, -0.2) is 38.1 Å². The van der Waals surface area contributed by atoms with Gasteiger partial charge in [0.1, 0.15) is 23.8 Å². The Kier molecular flexibility index (Phi) is 7.53. The minimum absolute atomic E-state index is 0.00969. The van der Waals surface area contributed by atoms with Crippen molar-refractivity contribution in [1.82, 2.24) is 14.3 Å². The number of hydrogen-bond donors (Lipinski definition) is 1. The van der Waals surface area contributed by atoms with Crippen LogP contribution in [0.25, 0.3) is 33.1 Å². The lowest BCUT2D eigenvalue weighted by molar-refractivity contribution is -0.0618. The van der Waals surface area contributed by atoms with Crippen molar-refractivity contribution >= 4 is 39.4 Å². The minimum Gasteiger partial charge on any atom is -0.478 e. The molecule has 1 aliphatic rings. The van der Waals surface area contributed by atoms with Crippen molar-refractivity contribution in [2.45, 2.75) is 32.2 Å². The van der Waals surface area contributed by atoms with Gasteiger partial charge in [0, 0.05) is 40.8 Å². The van der Waals surface area contributed by atoms with Gasteiger partial charge in [-0.05, 0) is 48.9 Å². The maximum atomic E-state index is 15.6. The Morgan fingerprint density at radius 3 is 2.59 bits per heavy atom. The van der Waals surface area contributed by atoms with Gasteiger partial charge in [-0.15, -0.1) is 0 Å². The Balaban J connectivity index is 1.17. The van der Waals surface area contributed by atoms with Crippen LogP contribution in [0.4, 0.5) is 13.2 Å². The molecule has 0 unspecified atom stereocenters. The number of halogens is 4. The van der Waals surface area contributed by atoms with Gasteiger partial charge in [0.15, 0.2) is 0 Å². The number of benzene rings is 3. The van der Waals surface area contributed by atoms with Crippen molar-refractivity contribution in [2.24, 2.45) is 0 Å². The van der Waals surface area contributed by atoms with Crippen LogP contribution in [0.15, 0.2) is 75.9 Å². The fraction of sp³-hybridized carbons (Fsp3) is 0.182. The Morgan fingerprint density at radius 1 is 1.00 bits per heavy atom. The van der Waals surface area contributed by atoms with Crippen molar-refractivity contribution in [3.63, 3.8) is 0 Å². The highest BCUT2D eigenvalue weighted by Crippen LogP contribution is 2.31. The van der Waals surface area contributed by atoms with Crippen LogP contribution in [0.2, 0.25) is 5.02 Å². The Bertz CT molecular complexity index is 2220. The number of carboxylic acid groups (broad SMARTS) is 1. The van der Waals surface area contributed by atoms with E-state index in [0.717, 1.165) is 18.6 Å². The molecule has 0 spiro atoms. The second-order valence-corrected chi connectivity index (χ2v) is 11.2. The summed E-state index contributed by atoms with van der Waals surface area (Å²) in [6.07, 6.45) is 0.538. The Morgan fingerprint density at radius 2 is 1.83 bits per heavy atom. The van der Waals surface area contributed by atoms with Crippen molar-refractivity contribution in [2.75, 3.05) is 6.61 Å². The molecule has 3 aromatic heterocycles. The van der Waals surface area contributed by atoms with E-state index in [9.17, 15) is 19.1 Å². The van der Waals surface area contributed by atoms with Crippen molar-refractivity contribution in [1.29, 1.82) is 0 Å². The molecule has 1 fully saturated rings. The fourth-order valence-electron chi connectivity index (χ4n) is 5.51. The van der Waals surface area contributed by atoms with E-state index < -0.39 is 29.2 Å². The van der Waals surface area contributed by atoms with Crippen molar-refractivity contribution in [3.8, 4) is 17.1 Å². The standard InChI is InChI=1S/C33H23ClF3N3O6/c34-24-7-5-18(31-22(24)13-29(37)46-31)16-45-30-3-1-2-27(38-30)23-12-25(35)19(10-26(23)36)14-40-32(41)21-6-4-17(33(42)43)11-28(21)39(40)15-20-8-9-44-20/h1-7,10-13,20H,8-9,14-16H2,(H,42,43)/t20-/m0/s1. The summed E-state index contributed by atoms with van der Waals surface area (Å²) in [5, 5.41) is 10.4. The SMILES string of the molecule is O=C(O)c1ccc2c(=O)n(Cc3cc(F)c(-c4cccc(OCc5ccc(Cl)c6cc(F)oc56)n4)cc3F)n(C[C@@H]3CCO3)c2c1. The van der Waals surface area contributed by atoms with Gasteiger partial charge in [-0.2, -0.15) is 4.39 Å². The zero-order chi connectivity index (χ0) is 32.1. The Hall–Kier alpha value is -5.07. The molecule has 0 amide bonds. The molecule has 46 heavy (non-hydrogen) atoms. The topological polar surface area (TPSA) is 109 Å². The fourth-order valence-corrected chi connectivity index (χ4v) is 5.71. The third-order valence-electron chi connectivity index (χ3n) is 7.96. The summed E-state index contributed by atoms with van der Waals surface area (Å²) in [4.78, 5) is 29.3. The number of aromatic nitrogens is 3. The monoisotopic (exact) mass is 649 g/mol. The molecule has 3 aromatic carbocycles. The first kappa shape index (κ1) is 29.6. The lowest BCUT2D eigenvalue weighted by Gasteiger charge is -2.28. The average molecular weight is 650 g/mol. The molecule has 1 atom stereocenters. The van der Waals surface area contributed by atoms with Crippen LogP contribution in [0.5, 0.6) is 5.88 Å². The van der Waals surface area contributed by atoms with Gasteiger partial charge in [0.25, 0.3) is 11.6 Å². The van der Waals surface area contributed by atoms with Gasteiger partial charge in [-0.25, -0.2) is 23.2 Å². The van der Waals surface area contributed by atoms with E-state index in [1.807, 2.05) is 0 Å². The third kappa shape index (κ3) is 5.39. The third-order valence-corrected chi connectivity index (χ3v) is 8.29. The molecular weight excluding hydrogens is 627 g/mol. The first-order valence-corrected chi connectivity index (χ1v) is 14.6. The molecule has 6 aromatic rings. The summed E-state index contributed by atoms with van der Waals surface area (Å²) in [6, 6.07) is 14.3. The molecule has 1 N–H and O–H groups in total. The van der Waals surface area contributed by atoms with Crippen LogP contribution in [-0.2, 0) is 24.4 Å². The van der Waals surface area contributed by atoms with Gasteiger partial charge >= 0.3 is 5.97 Å². The van der Waals surface area contributed by atoms with E-state index in [1.54, 1.807) is 22.9 Å². The van der Waals surface area contributed by atoms with Gasteiger partial charge in [-0.3, -0.25) is 9.48 Å². The maximum Gasteiger partial charge on any atom is 0.335 e. The maximum absolute atomic E-state index is 15.6. The molecule has 7 rings (SSSR count). The number of carbonyl (C=O) groups is 1. The lowest BCUT2D eigenvalue weighted by atomic mass is 10.1. The van der Waals surface area contributed by atoms with E-state index in [2.05, 4.69) is 4.98 Å². The highest BCUT2D eigenvalue weighted by molar-refractivity contribution is 6.35. The smallest absolute Gasteiger partial charge is 0.335 e. The molecule has 9 nitrogen and oxygen atoms in total. The van der Waals surface area contributed by atoms with Crippen LogP contribution in [0.1, 0.15) is 27.9 Å². The average Bonchev–Trinajstić information content (AvgIpc) is 3.53. The first-order chi connectivity index (χ1) is 22.2. The zero-order valence-electron chi connectivity index (χ0n) is 23.8. The summed E-state index contributed by atoms with van der Waals surface area (Å²) < 4.78 is 64.1. The molecule has 1 saturated heterocycles. The lowest BCUT2D eigenvalue weighted by Crippen LogP contribution is -2.35. The summed E-state index contributed by atoms with van der Waals surface area (Å²) in [5.41, 5.74) is 0.483. The molecule has 0 bridgehead atoms. The molecule has 1 aliphatic heterocycles. The predicted octanol–water partition coefficient (Wildman–Crippen LogP) is 6.80. The van der Waals surface area contributed by atoms with Gasteiger partial charge in [-0.1, -0.05) is 23.7 Å².